The van der Waals surface area contributed by atoms with Crippen LogP contribution in [-0.2, 0) is 4.79 Å². The summed E-state index contributed by atoms with van der Waals surface area (Å²) in [5.74, 6) is -0.628. The number of halogens is 1. The first-order valence-corrected chi connectivity index (χ1v) is 4.96. The van der Waals surface area contributed by atoms with Gasteiger partial charge in [-0.2, -0.15) is 0 Å². The smallest absolute Gasteiger partial charge is 0.222 e. The summed E-state index contributed by atoms with van der Waals surface area (Å²) >= 11 is 0. The van der Waals surface area contributed by atoms with Crippen molar-refractivity contribution in [2.45, 2.75) is 6.42 Å². The SMILES string of the molecule is NC(=O)C1CCN(c2cccc(F)c2)C1. The molecule has 1 unspecified atom stereocenters. The van der Waals surface area contributed by atoms with Crippen LogP contribution in [0, 0.1) is 11.7 Å². The highest BCUT2D eigenvalue weighted by atomic mass is 19.1. The van der Waals surface area contributed by atoms with Crippen LogP contribution in [-0.4, -0.2) is 19.0 Å². The molecule has 1 aliphatic rings. The molecule has 1 amide bonds. The number of amides is 1. The summed E-state index contributed by atoms with van der Waals surface area (Å²) in [5, 5.41) is 0. The third kappa shape index (κ3) is 2.09. The van der Waals surface area contributed by atoms with E-state index in [4.69, 9.17) is 5.73 Å². The molecule has 0 bridgehead atoms. The molecule has 1 atom stereocenters. The molecule has 3 nitrogen and oxygen atoms in total. The lowest BCUT2D eigenvalue weighted by molar-refractivity contribution is -0.121. The van der Waals surface area contributed by atoms with E-state index in [2.05, 4.69) is 0 Å². The van der Waals surface area contributed by atoms with E-state index in [1.807, 2.05) is 11.0 Å². The Bertz CT molecular complexity index is 381. The second-order valence-corrected chi connectivity index (χ2v) is 3.81. The Morgan fingerprint density at radius 1 is 1.53 bits per heavy atom. The molecule has 2 rings (SSSR count). The third-order valence-corrected chi connectivity index (χ3v) is 2.76. The number of primary amides is 1. The maximum Gasteiger partial charge on any atom is 0.222 e. The van der Waals surface area contributed by atoms with Crippen LogP contribution in [0.2, 0.25) is 0 Å². The molecule has 1 fully saturated rings. The molecular weight excluding hydrogens is 195 g/mol. The highest BCUT2D eigenvalue weighted by molar-refractivity contribution is 5.78. The highest BCUT2D eigenvalue weighted by Crippen LogP contribution is 2.23. The summed E-state index contributed by atoms with van der Waals surface area (Å²) in [5.41, 5.74) is 6.05. The molecule has 1 saturated heterocycles. The van der Waals surface area contributed by atoms with Gasteiger partial charge in [-0.05, 0) is 24.6 Å². The number of rotatable bonds is 2. The minimum Gasteiger partial charge on any atom is -0.371 e. The van der Waals surface area contributed by atoms with Gasteiger partial charge < -0.3 is 10.6 Å². The lowest BCUT2D eigenvalue weighted by atomic mass is 10.1. The van der Waals surface area contributed by atoms with Gasteiger partial charge in [-0.15, -0.1) is 0 Å². The average molecular weight is 208 g/mol. The largest absolute Gasteiger partial charge is 0.371 e. The standard InChI is InChI=1S/C11H13FN2O/c12-9-2-1-3-10(6-9)14-5-4-8(7-14)11(13)15/h1-3,6,8H,4-5,7H2,(H2,13,15). The van der Waals surface area contributed by atoms with E-state index in [9.17, 15) is 9.18 Å². The average Bonchev–Trinajstić information content (AvgIpc) is 2.66. The topological polar surface area (TPSA) is 46.3 Å². The van der Waals surface area contributed by atoms with Crippen LogP contribution in [0.15, 0.2) is 24.3 Å². The Kier molecular flexibility index (Phi) is 2.58. The molecule has 1 aromatic rings. The van der Waals surface area contributed by atoms with Crippen LogP contribution in [0.4, 0.5) is 10.1 Å². The first-order valence-electron chi connectivity index (χ1n) is 4.96. The lowest BCUT2D eigenvalue weighted by Gasteiger charge is -2.17. The van der Waals surface area contributed by atoms with E-state index in [1.165, 1.54) is 12.1 Å². The van der Waals surface area contributed by atoms with Gasteiger partial charge in [0.05, 0.1) is 5.92 Å². The molecule has 0 radical (unpaired) electrons. The molecule has 0 spiro atoms. The number of carbonyl (C=O) groups is 1. The molecule has 0 aromatic heterocycles. The summed E-state index contributed by atoms with van der Waals surface area (Å²) in [4.78, 5) is 13.0. The molecule has 0 aliphatic carbocycles. The van der Waals surface area contributed by atoms with Gasteiger partial charge in [0, 0.05) is 18.8 Å². The summed E-state index contributed by atoms with van der Waals surface area (Å²) in [6.07, 6.45) is 0.756. The maximum atomic E-state index is 13.0. The molecule has 1 heterocycles. The van der Waals surface area contributed by atoms with Crippen LogP contribution in [0.1, 0.15) is 6.42 Å². The van der Waals surface area contributed by atoms with E-state index in [1.54, 1.807) is 6.07 Å². The van der Waals surface area contributed by atoms with E-state index < -0.39 is 0 Å². The Morgan fingerprint density at radius 3 is 2.93 bits per heavy atom. The number of hydrogen-bond donors (Lipinski definition) is 1. The zero-order valence-electron chi connectivity index (χ0n) is 8.32. The predicted molar refractivity (Wildman–Crippen MR) is 55.9 cm³/mol. The van der Waals surface area contributed by atoms with Crippen LogP contribution >= 0.6 is 0 Å². The van der Waals surface area contributed by atoms with Gasteiger partial charge in [-0.3, -0.25) is 4.79 Å². The second kappa shape index (κ2) is 3.88. The zero-order chi connectivity index (χ0) is 10.8. The summed E-state index contributed by atoms with van der Waals surface area (Å²) in [6.45, 7) is 1.36. The molecule has 15 heavy (non-hydrogen) atoms. The monoisotopic (exact) mass is 208 g/mol. The number of nitrogens with zero attached hydrogens (tertiary/aromatic N) is 1. The van der Waals surface area contributed by atoms with Crippen molar-refractivity contribution in [1.29, 1.82) is 0 Å². The Labute approximate surface area is 87.7 Å². The summed E-state index contributed by atoms with van der Waals surface area (Å²) in [6, 6.07) is 6.39. The van der Waals surface area contributed by atoms with Crippen molar-refractivity contribution < 1.29 is 9.18 Å². The van der Waals surface area contributed by atoms with Crippen molar-refractivity contribution in [3.63, 3.8) is 0 Å². The van der Waals surface area contributed by atoms with Gasteiger partial charge in [0.2, 0.25) is 5.91 Å². The van der Waals surface area contributed by atoms with Gasteiger partial charge in [0.25, 0.3) is 0 Å². The van der Waals surface area contributed by atoms with Crippen LogP contribution in [0.3, 0.4) is 0 Å². The van der Waals surface area contributed by atoms with Crippen LogP contribution < -0.4 is 10.6 Å². The summed E-state index contributed by atoms with van der Waals surface area (Å²) < 4.78 is 13.0. The fourth-order valence-corrected chi connectivity index (χ4v) is 1.90. The fourth-order valence-electron chi connectivity index (χ4n) is 1.90. The van der Waals surface area contributed by atoms with E-state index in [-0.39, 0.29) is 17.6 Å². The predicted octanol–water partition coefficient (Wildman–Crippen LogP) is 1.14. The second-order valence-electron chi connectivity index (χ2n) is 3.81. The van der Waals surface area contributed by atoms with Crippen molar-refractivity contribution in [3.8, 4) is 0 Å². The first-order chi connectivity index (χ1) is 7.16. The highest BCUT2D eigenvalue weighted by Gasteiger charge is 2.26. The van der Waals surface area contributed by atoms with E-state index in [0.29, 0.717) is 6.54 Å². The van der Waals surface area contributed by atoms with Crippen LogP contribution in [0.25, 0.3) is 0 Å². The molecule has 1 aliphatic heterocycles. The van der Waals surface area contributed by atoms with Crippen molar-refractivity contribution in [2.24, 2.45) is 11.7 Å². The van der Waals surface area contributed by atoms with Gasteiger partial charge in [0.15, 0.2) is 0 Å². The van der Waals surface area contributed by atoms with Crippen molar-refractivity contribution in [2.75, 3.05) is 18.0 Å². The molecule has 4 heteroatoms. The van der Waals surface area contributed by atoms with Gasteiger partial charge in [-0.1, -0.05) is 6.07 Å². The minimum atomic E-state index is -0.270. The van der Waals surface area contributed by atoms with Crippen molar-refractivity contribution in [1.82, 2.24) is 0 Å². The Morgan fingerprint density at radius 2 is 2.33 bits per heavy atom. The maximum absolute atomic E-state index is 13.0. The molecule has 2 N–H and O–H groups in total. The van der Waals surface area contributed by atoms with Crippen molar-refractivity contribution >= 4 is 11.6 Å². The fraction of sp³-hybridized carbons (Fsp3) is 0.364. The molecule has 0 saturated carbocycles. The first kappa shape index (κ1) is 9.96. The Balaban J connectivity index is 2.11. The number of benzene rings is 1. The third-order valence-electron chi connectivity index (χ3n) is 2.76. The molecular formula is C11H13FN2O. The number of hydrogen-bond acceptors (Lipinski definition) is 2. The number of carbonyl (C=O) groups excluding carboxylic acids is 1. The van der Waals surface area contributed by atoms with Gasteiger partial charge >= 0.3 is 0 Å². The minimum absolute atomic E-state index is 0.103. The summed E-state index contributed by atoms with van der Waals surface area (Å²) in [7, 11) is 0. The van der Waals surface area contributed by atoms with Crippen molar-refractivity contribution in [3.05, 3.63) is 30.1 Å². The molecule has 80 valence electrons. The van der Waals surface area contributed by atoms with E-state index in [0.717, 1.165) is 18.7 Å². The van der Waals surface area contributed by atoms with Gasteiger partial charge in [0.1, 0.15) is 5.82 Å². The normalized spacial score (nSPS) is 20.6. The zero-order valence-corrected chi connectivity index (χ0v) is 8.32. The van der Waals surface area contributed by atoms with Crippen LogP contribution in [0.5, 0.6) is 0 Å². The lowest BCUT2D eigenvalue weighted by Crippen LogP contribution is -2.27. The number of nitrogens with two attached hydrogens (primary N) is 1. The number of anilines is 1. The van der Waals surface area contributed by atoms with Gasteiger partial charge in [-0.25, -0.2) is 4.39 Å². The quantitative estimate of drug-likeness (QED) is 0.792. The van der Waals surface area contributed by atoms with E-state index >= 15 is 0 Å². The Hall–Kier alpha value is -1.58. The molecule has 1 aromatic carbocycles.